The molecule has 1 saturated heterocycles. The van der Waals surface area contributed by atoms with E-state index in [4.69, 9.17) is 4.52 Å². The number of piperazine rings is 1. The highest BCUT2D eigenvalue weighted by Crippen LogP contribution is 2.40. The van der Waals surface area contributed by atoms with Crippen molar-refractivity contribution in [2.24, 2.45) is 0 Å². The summed E-state index contributed by atoms with van der Waals surface area (Å²) in [7, 11) is 2.11. The van der Waals surface area contributed by atoms with Crippen molar-refractivity contribution in [3.05, 3.63) is 23.3 Å². The molecule has 3 heterocycles. The van der Waals surface area contributed by atoms with E-state index in [1.54, 1.807) is 0 Å². The van der Waals surface area contributed by atoms with E-state index in [9.17, 15) is 0 Å². The number of aromatic nitrogens is 3. The second-order valence-electron chi connectivity index (χ2n) is 6.54. The topological polar surface area (TPSA) is 59.1 Å². The Morgan fingerprint density at radius 3 is 2.78 bits per heavy atom. The molecule has 0 bridgehead atoms. The highest BCUT2D eigenvalue weighted by Gasteiger charge is 2.30. The van der Waals surface area contributed by atoms with Crippen molar-refractivity contribution in [3.8, 4) is 11.5 Å². The van der Waals surface area contributed by atoms with Crippen LogP contribution in [0.1, 0.15) is 42.1 Å². The molecule has 1 aliphatic carbocycles. The molecule has 6 nitrogen and oxygen atoms in total. The van der Waals surface area contributed by atoms with Crippen molar-refractivity contribution in [2.75, 3.05) is 26.7 Å². The number of rotatable bonds is 3. The smallest absolute Gasteiger partial charge is 0.259 e. The molecule has 1 saturated carbocycles. The third-order valence-corrected chi connectivity index (χ3v) is 4.88. The van der Waals surface area contributed by atoms with Gasteiger partial charge in [-0.2, -0.15) is 4.98 Å². The summed E-state index contributed by atoms with van der Waals surface area (Å²) in [6, 6.07) is 3.04. The Morgan fingerprint density at radius 2 is 2.09 bits per heavy atom. The first-order chi connectivity index (χ1) is 10.6. The molecule has 1 atom stereocenters. The maximum absolute atomic E-state index is 5.57. The van der Waals surface area contributed by atoms with Gasteiger partial charge in [0.05, 0.1) is 11.6 Å². The number of hydrogen-bond acceptors (Lipinski definition) is 5. The number of hydrogen-bond donors (Lipinski definition) is 1. The molecule has 1 N–H and O–H groups in total. The fourth-order valence-electron chi connectivity index (χ4n) is 3.46. The summed E-state index contributed by atoms with van der Waals surface area (Å²) < 4.78 is 7.98. The van der Waals surface area contributed by atoms with E-state index >= 15 is 0 Å². The lowest BCUT2D eigenvalue weighted by Crippen LogP contribution is -2.44. The Balaban J connectivity index is 0.00000156. The SMILES string of the molecule is Cc1cc(-c2nc(C3CNCCN3C)no2)c(C)n1C1CC1.Cl. The average Bonchev–Trinajstić information content (AvgIpc) is 3.13. The summed E-state index contributed by atoms with van der Waals surface area (Å²) in [4.78, 5) is 6.95. The maximum atomic E-state index is 5.57. The van der Waals surface area contributed by atoms with E-state index in [2.05, 4.69) is 51.9 Å². The second kappa shape index (κ2) is 6.26. The van der Waals surface area contributed by atoms with Crippen LogP contribution in [-0.2, 0) is 0 Å². The molecule has 1 aliphatic heterocycles. The summed E-state index contributed by atoms with van der Waals surface area (Å²) in [6.45, 7) is 7.20. The summed E-state index contributed by atoms with van der Waals surface area (Å²) in [5.74, 6) is 1.43. The molecular formula is C16H24ClN5O. The third-order valence-electron chi connectivity index (χ3n) is 4.88. The minimum atomic E-state index is 0. The van der Waals surface area contributed by atoms with Gasteiger partial charge in [-0.05, 0) is 39.8 Å². The zero-order chi connectivity index (χ0) is 15.3. The number of halogens is 1. The van der Waals surface area contributed by atoms with E-state index in [0.717, 1.165) is 31.0 Å². The van der Waals surface area contributed by atoms with E-state index in [0.29, 0.717) is 11.9 Å². The van der Waals surface area contributed by atoms with Crippen LogP contribution in [0.3, 0.4) is 0 Å². The Morgan fingerprint density at radius 1 is 1.30 bits per heavy atom. The minimum absolute atomic E-state index is 0. The Kier molecular flexibility index (Phi) is 4.49. The molecule has 0 amide bonds. The molecule has 7 heteroatoms. The quantitative estimate of drug-likeness (QED) is 0.932. The van der Waals surface area contributed by atoms with Gasteiger partial charge in [-0.15, -0.1) is 12.4 Å². The van der Waals surface area contributed by atoms with Crippen molar-refractivity contribution < 1.29 is 4.52 Å². The van der Waals surface area contributed by atoms with Gasteiger partial charge in [0, 0.05) is 37.1 Å². The number of aryl methyl sites for hydroxylation is 1. The zero-order valence-corrected chi connectivity index (χ0v) is 14.7. The van der Waals surface area contributed by atoms with E-state index in [1.165, 1.54) is 24.2 Å². The predicted molar refractivity (Wildman–Crippen MR) is 91.0 cm³/mol. The van der Waals surface area contributed by atoms with Crippen LogP contribution in [0.2, 0.25) is 0 Å². The van der Waals surface area contributed by atoms with Gasteiger partial charge in [-0.1, -0.05) is 5.16 Å². The lowest BCUT2D eigenvalue weighted by atomic mass is 10.2. The lowest BCUT2D eigenvalue weighted by molar-refractivity contribution is 0.190. The van der Waals surface area contributed by atoms with Crippen molar-refractivity contribution in [1.29, 1.82) is 0 Å². The molecule has 0 radical (unpaired) electrons. The summed E-state index contributed by atoms with van der Waals surface area (Å²) in [6.07, 6.45) is 2.56. The first-order valence-corrected chi connectivity index (χ1v) is 8.08. The van der Waals surface area contributed by atoms with E-state index in [1.807, 2.05) is 0 Å². The molecule has 23 heavy (non-hydrogen) atoms. The third kappa shape index (κ3) is 2.91. The second-order valence-corrected chi connectivity index (χ2v) is 6.54. The Bertz CT molecular complexity index is 691. The summed E-state index contributed by atoms with van der Waals surface area (Å²) in [5, 5.41) is 7.62. The van der Waals surface area contributed by atoms with Crippen LogP contribution in [0.5, 0.6) is 0 Å². The van der Waals surface area contributed by atoms with Gasteiger partial charge in [-0.3, -0.25) is 4.90 Å². The monoisotopic (exact) mass is 337 g/mol. The zero-order valence-electron chi connectivity index (χ0n) is 13.9. The van der Waals surface area contributed by atoms with Gasteiger partial charge >= 0.3 is 0 Å². The summed E-state index contributed by atoms with van der Waals surface area (Å²) >= 11 is 0. The fourth-order valence-corrected chi connectivity index (χ4v) is 3.46. The van der Waals surface area contributed by atoms with Gasteiger partial charge in [0.15, 0.2) is 5.82 Å². The van der Waals surface area contributed by atoms with Crippen LogP contribution in [0.4, 0.5) is 0 Å². The van der Waals surface area contributed by atoms with Gasteiger partial charge < -0.3 is 14.4 Å². The van der Waals surface area contributed by atoms with Crippen molar-refractivity contribution in [2.45, 2.75) is 38.8 Å². The van der Waals surface area contributed by atoms with Crippen LogP contribution in [0, 0.1) is 13.8 Å². The normalized spacial score (nSPS) is 22.1. The molecule has 1 unspecified atom stereocenters. The Labute approximate surface area is 142 Å². The lowest BCUT2D eigenvalue weighted by Gasteiger charge is -2.30. The minimum Gasteiger partial charge on any atom is -0.345 e. The predicted octanol–water partition coefficient (Wildman–Crippen LogP) is 2.49. The van der Waals surface area contributed by atoms with Crippen molar-refractivity contribution >= 4 is 12.4 Å². The highest BCUT2D eigenvalue weighted by molar-refractivity contribution is 5.85. The van der Waals surface area contributed by atoms with Crippen LogP contribution in [-0.4, -0.2) is 46.3 Å². The van der Waals surface area contributed by atoms with E-state index in [-0.39, 0.29) is 18.4 Å². The summed E-state index contributed by atoms with van der Waals surface area (Å²) in [5.41, 5.74) is 3.60. The van der Waals surface area contributed by atoms with Gasteiger partial charge in [-0.25, -0.2) is 0 Å². The standard InChI is InChI=1S/C16H23N5O.ClH/c1-10-8-13(11(2)21(10)12-4-5-12)16-18-15(19-22-16)14-9-17-6-7-20(14)3;/h8,12,14,17H,4-7,9H2,1-3H3;1H. The molecule has 4 rings (SSSR count). The molecule has 0 aromatic carbocycles. The van der Waals surface area contributed by atoms with Gasteiger partial charge in [0.2, 0.25) is 0 Å². The first kappa shape index (κ1) is 16.5. The molecule has 0 spiro atoms. The van der Waals surface area contributed by atoms with Gasteiger partial charge in [0.1, 0.15) is 0 Å². The maximum Gasteiger partial charge on any atom is 0.259 e. The molecule has 2 aliphatic rings. The van der Waals surface area contributed by atoms with Crippen LogP contribution >= 0.6 is 12.4 Å². The van der Waals surface area contributed by atoms with Gasteiger partial charge in [0.25, 0.3) is 5.89 Å². The highest BCUT2D eigenvalue weighted by atomic mass is 35.5. The average molecular weight is 338 g/mol. The molecular weight excluding hydrogens is 314 g/mol. The van der Waals surface area contributed by atoms with Crippen LogP contribution in [0.25, 0.3) is 11.5 Å². The number of nitrogens with one attached hydrogen (secondary N) is 1. The van der Waals surface area contributed by atoms with Crippen LogP contribution < -0.4 is 5.32 Å². The Hall–Kier alpha value is -1.37. The van der Waals surface area contributed by atoms with E-state index < -0.39 is 0 Å². The number of likely N-dealkylation sites (N-methyl/N-ethyl adjacent to an activating group) is 1. The first-order valence-electron chi connectivity index (χ1n) is 8.08. The molecule has 126 valence electrons. The van der Waals surface area contributed by atoms with Crippen molar-refractivity contribution in [3.63, 3.8) is 0 Å². The van der Waals surface area contributed by atoms with Crippen molar-refractivity contribution in [1.82, 2.24) is 24.9 Å². The fraction of sp³-hybridized carbons (Fsp3) is 0.625. The largest absolute Gasteiger partial charge is 0.345 e. The molecule has 2 fully saturated rings. The van der Waals surface area contributed by atoms with Crippen LogP contribution in [0.15, 0.2) is 10.6 Å². The number of nitrogens with zero attached hydrogens (tertiary/aromatic N) is 4. The molecule has 2 aromatic heterocycles. The molecule has 2 aromatic rings.